The lowest BCUT2D eigenvalue weighted by Crippen LogP contribution is -2.16. The van der Waals surface area contributed by atoms with Crippen LogP contribution in [0.4, 0.5) is 17.6 Å². The van der Waals surface area contributed by atoms with Crippen LogP contribution >= 0.6 is 0 Å². The quantitative estimate of drug-likeness (QED) is 0.140. The topological polar surface area (TPSA) is 9.23 Å². The van der Waals surface area contributed by atoms with E-state index in [2.05, 4.69) is 19.1 Å². The molecule has 0 bridgehead atoms. The highest BCUT2D eigenvalue weighted by molar-refractivity contribution is 5.67. The maximum atomic E-state index is 15.2. The second-order valence-corrected chi connectivity index (χ2v) is 12.5. The van der Waals surface area contributed by atoms with E-state index in [-0.39, 0.29) is 23.5 Å². The van der Waals surface area contributed by atoms with Crippen LogP contribution in [-0.4, -0.2) is 6.61 Å². The van der Waals surface area contributed by atoms with Gasteiger partial charge in [-0.1, -0.05) is 44.8 Å². The molecular formula is C36H48F4O. The average molecular weight is 573 g/mol. The molecule has 1 nitrogen and oxygen atoms in total. The van der Waals surface area contributed by atoms with Gasteiger partial charge in [0.15, 0.2) is 23.2 Å². The fraction of sp³-hybridized carbons (Fsp3) is 0.611. The van der Waals surface area contributed by atoms with Gasteiger partial charge in [0, 0.05) is 11.1 Å². The summed E-state index contributed by atoms with van der Waals surface area (Å²) in [6.45, 7) is 5.82. The van der Waals surface area contributed by atoms with Gasteiger partial charge in [0.25, 0.3) is 0 Å². The number of benzene rings is 2. The minimum atomic E-state index is -1.23. The smallest absolute Gasteiger partial charge is 0.201 e. The van der Waals surface area contributed by atoms with Gasteiger partial charge in [0.1, 0.15) is 0 Å². The van der Waals surface area contributed by atoms with Gasteiger partial charge in [-0.15, -0.1) is 0 Å². The summed E-state index contributed by atoms with van der Waals surface area (Å²) < 4.78 is 64.5. The molecule has 2 aliphatic rings. The molecule has 2 aromatic rings. The number of hydrogen-bond donors (Lipinski definition) is 0. The molecule has 0 saturated heterocycles. The molecule has 2 saturated carbocycles. The van der Waals surface area contributed by atoms with Crippen LogP contribution in [0, 0.1) is 53.9 Å². The molecule has 2 fully saturated rings. The summed E-state index contributed by atoms with van der Waals surface area (Å²) >= 11 is 0. The monoisotopic (exact) mass is 572 g/mol. The predicted octanol–water partition coefficient (Wildman–Crippen LogP) is 11.3. The summed E-state index contributed by atoms with van der Waals surface area (Å²) in [6.07, 6.45) is 21.7. The second kappa shape index (κ2) is 15.3. The highest BCUT2D eigenvalue weighted by atomic mass is 19.2. The second-order valence-electron chi connectivity index (χ2n) is 12.5. The van der Waals surface area contributed by atoms with Gasteiger partial charge in [-0.25, -0.2) is 13.2 Å². The van der Waals surface area contributed by atoms with Crippen LogP contribution in [0.3, 0.4) is 0 Å². The number of unbranched alkanes of at least 4 members (excludes halogenated alkanes) is 2. The van der Waals surface area contributed by atoms with Crippen molar-refractivity contribution in [3.63, 3.8) is 0 Å². The largest absolute Gasteiger partial charge is 0.491 e. The molecule has 226 valence electrons. The van der Waals surface area contributed by atoms with Crippen molar-refractivity contribution in [1.82, 2.24) is 0 Å². The van der Waals surface area contributed by atoms with Crippen LogP contribution < -0.4 is 4.74 Å². The Labute approximate surface area is 244 Å². The van der Waals surface area contributed by atoms with E-state index in [9.17, 15) is 8.78 Å². The van der Waals surface area contributed by atoms with Crippen molar-refractivity contribution >= 4 is 0 Å². The van der Waals surface area contributed by atoms with E-state index in [0.717, 1.165) is 43.9 Å². The number of allylic oxidation sites excluding steroid dienone is 2. The Kier molecular flexibility index (Phi) is 11.8. The molecule has 0 N–H and O–H groups in total. The van der Waals surface area contributed by atoms with E-state index in [1.807, 2.05) is 0 Å². The fourth-order valence-corrected chi connectivity index (χ4v) is 6.98. The molecule has 0 atom stereocenters. The Morgan fingerprint density at radius 2 is 1.29 bits per heavy atom. The third-order valence-electron chi connectivity index (χ3n) is 9.62. The van der Waals surface area contributed by atoms with Crippen molar-refractivity contribution in [3.8, 4) is 16.9 Å². The first kappa shape index (κ1) is 31.6. The average Bonchev–Trinajstić information content (AvgIpc) is 2.98. The fourth-order valence-electron chi connectivity index (χ4n) is 6.98. The van der Waals surface area contributed by atoms with E-state index < -0.39 is 23.3 Å². The Hall–Kier alpha value is -2.30. The van der Waals surface area contributed by atoms with E-state index >= 15 is 8.78 Å². The van der Waals surface area contributed by atoms with Gasteiger partial charge in [-0.05, 0) is 131 Å². The summed E-state index contributed by atoms with van der Waals surface area (Å²) in [7, 11) is 0. The van der Waals surface area contributed by atoms with Crippen LogP contribution in [0.15, 0.2) is 30.4 Å². The summed E-state index contributed by atoms with van der Waals surface area (Å²) in [5.74, 6) is -1.94. The SMILES string of the molecule is CCCCCC1CCC(/C=C/C2CCC(CCc3c(C)cc(-c4ccc(OCC)c(F)c4F)c(F)c3F)CC2)CC1. The van der Waals surface area contributed by atoms with E-state index in [1.165, 1.54) is 69.6 Å². The standard InChI is InChI=1S/C36H48F4O/c1-4-6-7-8-25-9-11-26(12-10-25)13-14-27-15-17-28(18-16-27)19-20-29-24(3)23-31(35(39)33(29)37)30-21-22-32(41-5-2)36(40)34(30)38/h13-14,21-23,25-28H,4-12,15-20H2,1-3H3/b14-13+. The minimum absolute atomic E-state index is 0.172. The third-order valence-corrected chi connectivity index (χ3v) is 9.62. The molecule has 0 spiro atoms. The minimum Gasteiger partial charge on any atom is -0.491 e. The van der Waals surface area contributed by atoms with Gasteiger partial charge in [-0.3, -0.25) is 0 Å². The van der Waals surface area contributed by atoms with Gasteiger partial charge in [0.05, 0.1) is 6.61 Å². The first-order valence-corrected chi connectivity index (χ1v) is 16.1. The first-order valence-electron chi connectivity index (χ1n) is 16.1. The molecule has 2 aliphatic carbocycles. The molecule has 0 heterocycles. The number of hydrogen-bond acceptors (Lipinski definition) is 1. The summed E-state index contributed by atoms with van der Waals surface area (Å²) in [6, 6.07) is 3.93. The van der Waals surface area contributed by atoms with Crippen LogP contribution in [0.5, 0.6) is 5.75 Å². The van der Waals surface area contributed by atoms with E-state index in [1.54, 1.807) is 13.8 Å². The molecule has 5 heteroatoms. The van der Waals surface area contributed by atoms with Crippen molar-refractivity contribution in [2.75, 3.05) is 6.61 Å². The molecule has 0 aromatic heterocycles. The van der Waals surface area contributed by atoms with E-state index in [4.69, 9.17) is 4.74 Å². The molecule has 4 rings (SSSR count). The maximum absolute atomic E-state index is 15.2. The zero-order valence-electron chi connectivity index (χ0n) is 25.2. The van der Waals surface area contributed by atoms with Gasteiger partial charge < -0.3 is 4.74 Å². The summed E-state index contributed by atoms with van der Waals surface area (Å²) in [5.41, 5.74) is 0.332. The summed E-state index contributed by atoms with van der Waals surface area (Å²) in [4.78, 5) is 0. The molecule has 0 radical (unpaired) electrons. The molecule has 0 unspecified atom stereocenters. The van der Waals surface area contributed by atoms with Crippen molar-refractivity contribution < 1.29 is 22.3 Å². The zero-order valence-corrected chi connectivity index (χ0v) is 25.2. The Morgan fingerprint density at radius 3 is 1.88 bits per heavy atom. The first-order chi connectivity index (χ1) is 19.8. The zero-order chi connectivity index (χ0) is 29.4. The van der Waals surface area contributed by atoms with Crippen molar-refractivity contribution in [1.29, 1.82) is 0 Å². The Balaban J connectivity index is 1.27. The summed E-state index contributed by atoms with van der Waals surface area (Å²) in [5, 5.41) is 0. The van der Waals surface area contributed by atoms with Crippen LogP contribution in [0.25, 0.3) is 11.1 Å². The number of halogens is 4. The van der Waals surface area contributed by atoms with Gasteiger partial charge in [-0.2, -0.15) is 4.39 Å². The molecule has 0 amide bonds. The van der Waals surface area contributed by atoms with Crippen LogP contribution in [0.1, 0.15) is 108 Å². The highest BCUT2D eigenvalue weighted by Gasteiger charge is 2.25. The maximum Gasteiger partial charge on any atom is 0.201 e. The molecular weight excluding hydrogens is 524 g/mol. The Bertz CT molecular complexity index is 1160. The Morgan fingerprint density at radius 1 is 0.707 bits per heavy atom. The lowest BCUT2D eigenvalue weighted by Gasteiger charge is -2.29. The lowest BCUT2D eigenvalue weighted by atomic mass is 9.77. The molecule has 0 aliphatic heterocycles. The third kappa shape index (κ3) is 8.17. The lowest BCUT2D eigenvalue weighted by molar-refractivity contribution is 0.282. The highest BCUT2D eigenvalue weighted by Crippen LogP contribution is 2.38. The van der Waals surface area contributed by atoms with E-state index in [0.29, 0.717) is 29.4 Å². The normalized spacial score (nSPS) is 23.3. The van der Waals surface area contributed by atoms with Crippen LogP contribution in [0.2, 0.25) is 0 Å². The van der Waals surface area contributed by atoms with Gasteiger partial charge in [0.2, 0.25) is 5.82 Å². The number of rotatable bonds is 12. The van der Waals surface area contributed by atoms with Crippen molar-refractivity contribution in [3.05, 3.63) is 64.7 Å². The van der Waals surface area contributed by atoms with Crippen LogP contribution in [-0.2, 0) is 6.42 Å². The predicted molar refractivity (Wildman–Crippen MR) is 160 cm³/mol. The van der Waals surface area contributed by atoms with Crippen molar-refractivity contribution in [2.24, 2.45) is 23.7 Å². The number of ether oxygens (including phenoxy) is 1. The van der Waals surface area contributed by atoms with Gasteiger partial charge >= 0.3 is 0 Å². The number of aryl methyl sites for hydroxylation is 1. The molecule has 2 aromatic carbocycles. The molecule has 41 heavy (non-hydrogen) atoms. The van der Waals surface area contributed by atoms with Crippen molar-refractivity contribution in [2.45, 2.75) is 111 Å².